The van der Waals surface area contributed by atoms with Gasteiger partial charge in [0.2, 0.25) is 0 Å². The maximum absolute atomic E-state index is 9.25. The van der Waals surface area contributed by atoms with Gasteiger partial charge in [-0.2, -0.15) is 0 Å². The fraction of sp³-hybridized carbons (Fsp3) is 1.00. The number of aliphatic hydroxyl groups is 3. The first-order valence-electron chi connectivity index (χ1n) is 3.74. The topological polar surface area (TPSA) is 60.7 Å². The Labute approximate surface area is 59.3 Å². The van der Waals surface area contributed by atoms with Gasteiger partial charge in [0.25, 0.3) is 0 Å². The van der Waals surface area contributed by atoms with Crippen LogP contribution in [-0.2, 0) is 0 Å². The van der Waals surface area contributed by atoms with Gasteiger partial charge in [-0.15, -0.1) is 0 Å². The molecule has 10 heavy (non-hydrogen) atoms. The second-order valence-electron chi connectivity index (χ2n) is 3.44. The Hall–Kier alpha value is -0.120. The molecule has 0 aromatic carbocycles. The summed E-state index contributed by atoms with van der Waals surface area (Å²) in [7, 11) is 0. The monoisotopic (exact) mass is 144 g/mol. The predicted octanol–water partition coefficient (Wildman–Crippen LogP) is -0.891. The molecule has 0 aliphatic heterocycles. The van der Waals surface area contributed by atoms with Gasteiger partial charge in [0.1, 0.15) is 0 Å². The van der Waals surface area contributed by atoms with E-state index in [2.05, 4.69) is 0 Å². The lowest BCUT2D eigenvalue weighted by atomic mass is 9.93. The minimum absolute atomic E-state index is 0.0556. The van der Waals surface area contributed by atoms with Gasteiger partial charge in [-0.05, 0) is 18.8 Å². The molecule has 0 aromatic rings. The van der Waals surface area contributed by atoms with Gasteiger partial charge in [-0.25, -0.2) is 0 Å². The lowest BCUT2D eigenvalue weighted by Crippen LogP contribution is -2.38. The molecule has 2 saturated carbocycles. The van der Waals surface area contributed by atoms with Crippen LogP contribution in [0.2, 0.25) is 0 Å². The third kappa shape index (κ3) is 0.654. The molecule has 3 heteroatoms. The average molecular weight is 144 g/mol. The first kappa shape index (κ1) is 6.58. The van der Waals surface area contributed by atoms with Crippen LogP contribution in [0.25, 0.3) is 0 Å². The van der Waals surface area contributed by atoms with Crippen molar-refractivity contribution in [2.24, 2.45) is 11.8 Å². The molecule has 0 radical (unpaired) electrons. The minimum Gasteiger partial charge on any atom is -0.393 e. The van der Waals surface area contributed by atoms with Crippen molar-refractivity contribution in [3.05, 3.63) is 0 Å². The molecule has 2 aliphatic rings. The molecule has 0 saturated heterocycles. The molecule has 3 nitrogen and oxygen atoms in total. The normalized spacial score (nSPS) is 59.7. The molecule has 2 aliphatic carbocycles. The largest absolute Gasteiger partial charge is 0.393 e. The van der Waals surface area contributed by atoms with Crippen LogP contribution in [0.4, 0.5) is 0 Å². The van der Waals surface area contributed by atoms with E-state index in [1.54, 1.807) is 0 Å². The molecule has 2 bridgehead atoms. The van der Waals surface area contributed by atoms with Crippen LogP contribution < -0.4 is 0 Å². The number of hydrogen-bond acceptors (Lipinski definition) is 3. The summed E-state index contributed by atoms with van der Waals surface area (Å²) in [6.07, 6.45) is -0.155. The zero-order valence-corrected chi connectivity index (χ0v) is 5.64. The molecular formula is C7H12O3. The maximum atomic E-state index is 9.25. The van der Waals surface area contributed by atoms with E-state index < -0.39 is 12.2 Å². The highest BCUT2D eigenvalue weighted by Crippen LogP contribution is 2.44. The van der Waals surface area contributed by atoms with Crippen LogP contribution in [0.15, 0.2) is 0 Å². The van der Waals surface area contributed by atoms with Crippen molar-refractivity contribution >= 4 is 0 Å². The summed E-state index contributed by atoms with van der Waals surface area (Å²) in [6.45, 7) is 0. The van der Waals surface area contributed by atoms with Crippen molar-refractivity contribution in [2.75, 3.05) is 0 Å². The molecule has 3 N–H and O–H groups in total. The van der Waals surface area contributed by atoms with Crippen LogP contribution in [0, 0.1) is 11.8 Å². The van der Waals surface area contributed by atoms with E-state index in [4.69, 9.17) is 0 Å². The predicted molar refractivity (Wildman–Crippen MR) is 34.2 cm³/mol. The Morgan fingerprint density at radius 3 is 2.00 bits per heavy atom. The lowest BCUT2D eigenvalue weighted by Gasteiger charge is -2.26. The summed E-state index contributed by atoms with van der Waals surface area (Å²) in [4.78, 5) is 0. The summed E-state index contributed by atoms with van der Waals surface area (Å²) in [6, 6.07) is 0. The molecule has 0 spiro atoms. The standard InChI is InChI=1S/C7H12O3/c8-5-2-3-1-4(5)7(10)6(3)9/h3-10H,1-2H2/t3-,4+,5-,6-,7+/m0/s1. The number of rotatable bonds is 0. The smallest absolute Gasteiger partial charge is 0.0854 e. The van der Waals surface area contributed by atoms with Crippen LogP contribution in [0.1, 0.15) is 12.8 Å². The summed E-state index contributed by atoms with van der Waals surface area (Å²) in [5.74, 6) is 0.0926. The van der Waals surface area contributed by atoms with Crippen LogP contribution in [0.5, 0.6) is 0 Å². The van der Waals surface area contributed by atoms with Gasteiger partial charge in [-0.1, -0.05) is 0 Å². The SMILES string of the molecule is O[C@H]1[C@H]2C[C@@H]([C@H]1O)[C@@H](O)C2. The van der Waals surface area contributed by atoms with Gasteiger partial charge >= 0.3 is 0 Å². The number of aliphatic hydroxyl groups excluding tert-OH is 3. The molecule has 2 rings (SSSR count). The molecule has 0 amide bonds. The van der Waals surface area contributed by atoms with Crippen molar-refractivity contribution in [1.29, 1.82) is 0 Å². The Balaban J connectivity index is 2.16. The maximum Gasteiger partial charge on any atom is 0.0854 e. The third-order valence-corrected chi connectivity index (χ3v) is 2.88. The van der Waals surface area contributed by atoms with Crippen molar-refractivity contribution in [3.8, 4) is 0 Å². The van der Waals surface area contributed by atoms with Gasteiger partial charge in [0.15, 0.2) is 0 Å². The van der Waals surface area contributed by atoms with E-state index in [-0.39, 0.29) is 17.9 Å². The number of hydrogen-bond donors (Lipinski definition) is 3. The first-order valence-corrected chi connectivity index (χ1v) is 3.74. The van der Waals surface area contributed by atoms with Crippen molar-refractivity contribution < 1.29 is 15.3 Å². The Morgan fingerprint density at radius 1 is 0.900 bits per heavy atom. The molecule has 0 heterocycles. The zero-order valence-electron chi connectivity index (χ0n) is 5.64. The van der Waals surface area contributed by atoms with Crippen LogP contribution in [0.3, 0.4) is 0 Å². The highest BCUT2D eigenvalue weighted by atomic mass is 16.3. The van der Waals surface area contributed by atoms with Gasteiger partial charge in [0.05, 0.1) is 18.3 Å². The van der Waals surface area contributed by atoms with E-state index >= 15 is 0 Å². The van der Waals surface area contributed by atoms with Crippen LogP contribution in [-0.4, -0.2) is 33.6 Å². The van der Waals surface area contributed by atoms with Crippen molar-refractivity contribution in [1.82, 2.24) is 0 Å². The first-order chi connectivity index (χ1) is 4.70. The fourth-order valence-electron chi connectivity index (χ4n) is 2.27. The number of fused-ring (bicyclic) bond motifs is 2. The second kappa shape index (κ2) is 1.94. The molecule has 0 unspecified atom stereocenters. The van der Waals surface area contributed by atoms with E-state index in [9.17, 15) is 15.3 Å². The average Bonchev–Trinajstić information content (AvgIpc) is 2.36. The van der Waals surface area contributed by atoms with Crippen molar-refractivity contribution in [2.45, 2.75) is 31.2 Å². The molecule has 0 aromatic heterocycles. The summed E-state index contributed by atoms with van der Waals surface area (Å²) < 4.78 is 0. The van der Waals surface area contributed by atoms with E-state index in [0.717, 1.165) is 6.42 Å². The van der Waals surface area contributed by atoms with Gasteiger partial charge < -0.3 is 15.3 Å². The highest BCUT2D eigenvalue weighted by molar-refractivity contribution is 5.01. The Kier molecular flexibility index (Phi) is 1.27. The molecule has 2 fully saturated rings. The molecule has 5 atom stereocenters. The summed E-state index contributed by atoms with van der Waals surface area (Å²) >= 11 is 0. The summed E-state index contributed by atoms with van der Waals surface area (Å²) in [5.41, 5.74) is 0. The van der Waals surface area contributed by atoms with E-state index in [1.807, 2.05) is 0 Å². The lowest BCUT2D eigenvalue weighted by molar-refractivity contribution is -0.0589. The Morgan fingerprint density at radius 2 is 1.60 bits per heavy atom. The fourth-order valence-corrected chi connectivity index (χ4v) is 2.27. The van der Waals surface area contributed by atoms with Crippen LogP contribution >= 0.6 is 0 Å². The third-order valence-electron chi connectivity index (χ3n) is 2.88. The summed E-state index contributed by atoms with van der Waals surface area (Å²) in [5, 5.41) is 27.7. The Bertz CT molecular complexity index is 146. The minimum atomic E-state index is -0.672. The second-order valence-corrected chi connectivity index (χ2v) is 3.44. The zero-order chi connectivity index (χ0) is 7.30. The van der Waals surface area contributed by atoms with E-state index in [0.29, 0.717) is 6.42 Å². The highest BCUT2D eigenvalue weighted by Gasteiger charge is 2.50. The molecular weight excluding hydrogens is 132 g/mol. The van der Waals surface area contributed by atoms with Gasteiger partial charge in [0, 0.05) is 5.92 Å². The van der Waals surface area contributed by atoms with Gasteiger partial charge in [-0.3, -0.25) is 0 Å². The molecule has 58 valence electrons. The quantitative estimate of drug-likeness (QED) is 0.413. The van der Waals surface area contributed by atoms with E-state index in [1.165, 1.54) is 0 Å². The van der Waals surface area contributed by atoms with Crippen molar-refractivity contribution in [3.63, 3.8) is 0 Å².